The number of benzene rings is 1. The van der Waals surface area contributed by atoms with E-state index in [2.05, 4.69) is 16.8 Å². The fourth-order valence-electron chi connectivity index (χ4n) is 1.11. The van der Waals surface area contributed by atoms with Crippen molar-refractivity contribution in [2.45, 2.75) is 0 Å². The first kappa shape index (κ1) is 8.50. The predicted molar refractivity (Wildman–Crippen MR) is 54.2 cm³/mol. The summed E-state index contributed by atoms with van der Waals surface area (Å²) in [5, 5.41) is 7.62. The van der Waals surface area contributed by atoms with E-state index in [9.17, 15) is 0 Å². The minimum Gasteiger partial charge on any atom is -0.417 e. The quantitative estimate of drug-likeness (QED) is 0.730. The summed E-state index contributed by atoms with van der Waals surface area (Å²) in [6, 6.07) is 7.27. The maximum Gasteiger partial charge on any atom is 0.248 e. The van der Waals surface area contributed by atoms with Gasteiger partial charge < -0.3 is 10.2 Å². The zero-order valence-corrected chi connectivity index (χ0v) is 7.47. The highest BCUT2D eigenvalue weighted by Crippen LogP contribution is 2.19. The van der Waals surface area contributed by atoms with Crippen LogP contribution in [0.1, 0.15) is 5.89 Å². The molecular formula is C10H9N3O. The van der Waals surface area contributed by atoms with E-state index in [0.717, 1.165) is 5.56 Å². The van der Waals surface area contributed by atoms with Crippen molar-refractivity contribution in [1.82, 2.24) is 10.2 Å². The van der Waals surface area contributed by atoms with Crippen LogP contribution < -0.4 is 5.73 Å². The maximum atomic E-state index is 5.63. The number of nitrogens with zero attached hydrogens (tertiary/aromatic N) is 2. The van der Waals surface area contributed by atoms with Gasteiger partial charge in [0, 0.05) is 11.3 Å². The van der Waals surface area contributed by atoms with Gasteiger partial charge in [-0.15, -0.1) is 10.2 Å². The molecule has 0 radical (unpaired) electrons. The molecule has 0 amide bonds. The number of hydrogen-bond acceptors (Lipinski definition) is 4. The Hall–Kier alpha value is -2.10. The van der Waals surface area contributed by atoms with Crippen molar-refractivity contribution in [1.29, 1.82) is 0 Å². The number of anilines is 1. The molecule has 0 saturated heterocycles. The molecule has 0 atom stereocenters. The average molecular weight is 187 g/mol. The summed E-state index contributed by atoms with van der Waals surface area (Å²) in [4.78, 5) is 0. The van der Waals surface area contributed by atoms with E-state index < -0.39 is 0 Å². The minimum absolute atomic E-state index is 0.405. The molecule has 4 heteroatoms. The summed E-state index contributed by atoms with van der Waals surface area (Å²) in [5.41, 5.74) is 7.10. The van der Waals surface area contributed by atoms with E-state index in [1.165, 1.54) is 6.08 Å². The highest BCUT2D eigenvalue weighted by molar-refractivity contribution is 5.59. The van der Waals surface area contributed by atoms with Gasteiger partial charge in [0.1, 0.15) is 0 Å². The van der Waals surface area contributed by atoms with Crippen molar-refractivity contribution in [2.75, 3.05) is 5.73 Å². The van der Waals surface area contributed by atoms with Gasteiger partial charge in [0.05, 0.1) is 0 Å². The van der Waals surface area contributed by atoms with Crippen LogP contribution in [0.4, 0.5) is 5.69 Å². The van der Waals surface area contributed by atoms with Crippen molar-refractivity contribution in [3.05, 3.63) is 36.7 Å². The zero-order valence-electron chi connectivity index (χ0n) is 7.47. The second kappa shape index (κ2) is 3.33. The normalized spacial score (nSPS) is 10.0. The van der Waals surface area contributed by atoms with E-state index >= 15 is 0 Å². The van der Waals surface area contributed by atoms with Crippen LogP contribution in [0.15, 0.2) is 35.3 Å². The molecule has 0 saturated carbocycles. The van der Waals surface area contributed by atoms with E-state index in [4.69, 9.17) is 10.2 Å². The maximum absolute atomic E-state index is 5.63. The third-order valence-corrected chi connectivity index (χ3v) is 1.75. The highest BCUT2D eigenvalue weighted by Gasteiger charge is 2.05. The van der Waals surface area contributed by atoms with Crippen molar-refractivity contribution >= 4 is 11.8 Å². The summed E-state index contributed by atoms with van der Waals surface area (Å²) in [6.07, 6.45) is 1.50. The minimum atomic E-state index is 0.405. The molecule has 0 spiro atoms. The van der Waals surface area contributed by atoms with Crippen LogP contribution in [0.2, 0.25) is 0 Å². The van der Waals surface area contributed by atoms with Crippen molar-refractivity contribution in [3.8, 4) is 11.5 Å². The lowest BCUT2D eigenvalue weighted by Crippen LogP contribution is -1.84. The monoisotopic (exact) mass is 187 g/mol. The number of aromatic nitrogens is 2. The van der Waals surface area contributed by atoms with Crippen LogP contribution in [0.3, 0.4) is 0 Å². The number of hydrogen-bond donors (Lipinski definition) is 1. The lowest BCUT2D eigenvalue weighted by Gasteiger charge is -1.95. The Kier molecular flexibility index (Phi) is 2.02. The van der Waals surface area contributed by atoms with Gasteiger partial charge in [0.2, 0.25) is 11.8 Å². The fourth-order valence-corrected chi connectivity index (χ4v) is 1.11. The summed E-state index contributed by atoms with van der Waals surface area (Å²) in [5.74, 6) is 0.856. The Balaban J connectivity index is 2.43. The lowest BCUT2D eigenvalue weighted by molar-refractivity contribution is 0.558. The van der Waals surface area contributed by atoms with Gasteiger partial charge in [-0.3, -0.25) is 0 Å². The van der Waals surface area contributed by atoms with Gasteiger partial charge in [-0.2, -0.15) is 0 Å². The first-order valence-electron chi connectivity index (χ1n) is 4.11. The first-order chi connectivity index (χ1) is 6.79. The van der Waals surface area contributed by atoms with Crippen molar-refractivity contribution in [2.24, 2.45) is 0 Å². The Labute approximate surface area is 81.1 Å². The average Bonchev–Trinajstić information content (AvgIpc) is 2.66. The van der Waals surface area contributed by atoms with E-state index in [1.54, 1.807) is 12.1 Å². The second-order valence-corrected chi connectivity index (χ2v) is 2.78. The third-order valence-electron chi connectivity index (χ3n) is 1.75. The third kappa shape index (κ3) is 1.50. The largest absolute Gasteiger partial charge is 0.417 e. The summed E-state index contributed by atoms with van der Waals surface area (Å²) in [7, 11) is 0. The van der Waals surface area contributed by atoms with Crippen LogP contribution in [0, 0.1) is 0 Å². The van der Waals surface area contributed by atoms with E-state index in [-0.39, 0.29) is 0 Å². The van der Waals surface area contributed by atoms with Gasteiger partial charge in [-0.1, -0.05) is 12.6 Å². The van der Waals surface area contributed by atoms with Gasteiger partial charge in [0.15, 0.2) is 0 Å². The van der Waals surface area contributed by atoms with Gasteiger partial charge in [0.25, 0.3) is 0 Å². The van der Waals surface area contributed by atoms with Crippen LogP contribution >= 0.6 is 0 Å². The molecule has 2 N–H and O–H groups in total. The van der Waals surface area contributed by atoms with Crippen molar-refractivity contribution in [3.63, 3.8) is 0 Å². The number of nitrogens with two attached hydrogens (primary N) is 1. The summed E-state index contributed by atoms with van der Waals surface area (Å²) >= 11 is 0. The van der Waals surface area contributed by atoms with Crippen LogP contribution in [0.5, 0.6) is 0 Å². The van der Waals surface area contributed by atoms with Gasteiger partial charge in [-0.25, -0.2) is 0 Å². The SMILES string of the molecule is C=Cc1nnc(-c2cccc(N)c2)o1. The van der Waals surface area contributed by atoms with Gasteiger partial charge >= 0.3 is 0 Å². The molecule has 0 aliphatic heterocycles. The first-order valence-corrected chi connectivity index (χ1v) is 4.11. The molecule has 1 heterocycles. The Morgan fingerprint density at radius 2 is 2.21 bits per heavy atom. The van der Waals surface area contributed by atoms with Crippen LogP contribution in [-0.2, 0) is 0 Å². The molecular weight excluding hydrogens is 178 g/mol. The Bertz CT molecular complexity index is 462. The topological polar surface area (TPSA) is 64.9 Å². The van der Waals surface area contributed by atoms with Gasteiger partial charge in [-0.05, 0) is 24.3 Å². The molecule has 4 nitrogen and oxygen atoms in total. The standard InChI is InChI=1S/C10H9N3O/c1-2-9-12-13-10(14-9)7-4-3-5-8(11)6-7/h2-6H,1,11H2. The van der Waals surface area contributed by atoms with Crippen molar-refractivity contribution < 1.29 is 4.42 Å². The Morgan fingerprint density at radius 1 is 1.36 bits per heavy atom. The number of nitrogen functional groups attached to an aromatic ring is 1. The molecule has 0 unspecified atom stereocenters. The van der Waals surface area contributed by atoms with E-state index in [0.29, 0.717) is 17.5 Å². The molecule has 0 aliphatic carbocycles. The lowest BCUT2D eigenvalue weighted by atomic mass is 10.2. The summed E-state index contributed by atoms with van der Waals surface area (Å²) < 4.78 is 5.28. The molecule has 0 fully saturated rings. The molecule has 70 valence electrons. The van der Waals surface area contributed by atoms with E-state index in [1.807, 2.05) is 12.1 Å². The fraction of sp³-hybridized carbons (Fsp3) is 0. The zero-order chi connectivity index (χ0) is 9.97. The van der Waals surface area contributed by atoms with Crippen LogP contribution in [-0.4, -0.2) is 10.2 Å². The molecule has 2 rings (SSSR count). The smallest absolute Gasteiger partial charge is 0.248 e. The molecule has 1 aromatic carbocycles. The molecule has 1 aromatic heterocycles. The second-order valence-electron chi connectivity index (χ2n) is 2.78. The Morgan fingerprint density at radius 3 is 2.86 bits per heavy atom. The molecule has 0 bridgehead atoms. The predicted octanol–water partition coefficient (Wildman–Crippen LogP) is 1.96. The molecule has 0 aliphatic rings. The number of rotatable bonds is 2. The molecule has 14 heavy (non-hydrogen) atoms. The highest BCUT2D eigenvalue weighted by atomic mass is 16.4. The van der Waals surface area contributed by atoms with Crippen LogP contribution in [0.25, 0.3) is 17.5 Å². The summed E-state index contributed by atoms with van der Waals surface area (Å²) in [6.45, 7) is 3.53. The molecule has 2 aromatic rings.